The highest BCUT2D eigenvalue weighted by atomic mass is 32.2. The summed E-state index contributed by atoms with van der Waals surface area (Å²) in [7, 11) is -3.32. The fourth-order valence-corrected chi connectivity index (χ4v) is 5.93. The Bertz CT molecular complexity index is 861. The SMILES string of the molecule is CC(C)CS(=O)(=O)N1CCC2(CCN(c3ccc(OCC(F)(F)F)cc3)C2=O)CC1. The van der Waals surface area contributed by atoms with Crippen molar-refractivity contribution in [3.63, 3.8) is 0 Å². The van der Waals surface area contributed by atoms with E-state index in [4.69, 9.17) is 4.74 Å². The van der Waals surface area contributed by atoms with E-state index >= 15 is 0 Å². The van der Waals surface area contributed by atoms with Gasteiger partial charge in [-0.2, -0.15) is 13.2 Å². The molecule has 30 heavy (non-hydrogen) atoms. The van der Waals surface area contributed by atoms with Gasteiger partial charge in [-0.1, -0.05) is 13.8 Å². The number of sulfonamides is 1. The highest BCUT2D eigenvalue weighted by molar-refractivity contribution is 7.89. The zero-order valence-electron chi connectivity index (χ0n) is 17.1. The van der Waals surface area contributed by atoms with E-state index in [0.29, 0.717) is 44.6 Å². The Hall–Kier alpha value is -1.81. The van der Waals surface area contributed by atoms with Crippen LogP contribution < -0.4 is 9.64 Å². The van der Waals surface area contributed by atoms with E-state index in [9.17, 15) is 26.4 Å². The Morgan fingerprint density at radius 3 is 2.17 bits per heavy atom. The highest BCUT2D eigenvalue weighted by Gasteiger charge is 2.49. The largest absolute Gasteiger partial charge is 0.484 e. The molecule has 3 rings (SSSR count). The average molecular weight is 449 g/mol. The fraction of sp³-hybridized carbons (Fsp3) is 0.650. The number of rotatable bonds is 6. The molecular weight excluding hydrogens is 421 g/mol. The van der Waals surface area contributed by atoms with Crippen molar-refractivity contribution >= 4 is 21.6 Å². The van der Waals surface area contributed by atoms with Crippen LogP contribution in [0.4, 0.5) is 18.9 Å². The molecule has 0 saturated carbocycles. The van der Waals surface area contributed by atoms with Crippen LogP contribution in [0.15, 0.2) is 24.3 Å². The molecule has 0 N–H and O–H groups in total. The minimum absolute atomic E-state index is 0.0394. The van der Waals surface area contributed by atoms with Crippen molar-refractivity contribution in [1.29, 1.82) is 0 Å². The molecule has 2 aliphatic heterocycles. The second kappa shape index (κ2) is 8.37. The van der Waals surface area contributed by atoms with Crippen molar-refractivity contribution in [1.82, 2.24) is 4.31 Å². The maximum Gasteiger partial charge on any atom is 0.422 e. The number of nitrogens with zero attached hydrogens (tertiary/aromatic N) is 2. The Morgan fingerprint density at radius 2 is 1.63 bits per heavy atom. The van der Waals surface area contributed by atoms with E-state index < -0.39 is 28.2 Å². The number of alkyl halides is 3. The van der Waals surface area contributed by atoms with Gasteiger partial charge < -0.3 is 9.64 Å². The molecule has 2 aliphatic rings. The molecular formula is C20H27F3N2O4S. The Kier molecular flexibility index (Phi) is 6.38. The number of halogens is 3. The molecule has 10 heteroatoms. The first-order chi connectivity index (χ1) is 13.9. The van der Waals surface area contributed by atoms with Crippen molar-refractivity contribution in [3.8, 4) is 5.75 Å². The van der Waals surface area contributed by atoms with Crippen molar-refractivity contribution in [2.24, 2.45) is 11.3 Å². The van der Waals surface area contributed by atoms with Gasteiger partial charge in [-0.3, -0.25) is 4.79 Å². The van der Waals surface area contributed by atoms with Gasteiger partial charge in [-0.15, -0.1) is 0 Å². The summed E-state index contributed by atoms with van der Waals surface area (Å²) in [6.07, 6.45) is -2.82. The first-order valence-electron chi connectivity index (χ1n) is 10.0. The number of carbonyl (C=O) groups excluding carboxylic acids is 1. The van der Waals surface area contributed by atoms with E-state index in [0.717, 1.165) is 0 Å². The standard InChI is InChI=1S/C20H27F3N2O4S/c1-15(2)13-30(27,28)24-10-7-19(8-11-24)9-12-25(18(19)26)16-3-5-17(6-4-16)29-14-20(21,22)23/h3-6,15H,7-14H2,1-2H3. The molecule has 168 valence electrons. The Balaban J connectivity index is 1.63. The lowest BCUT2D eigenvalue weighted by molar-refractivity contribution is -0.153. The van der Waals surface area contributed by atoms with E-state index in [1.165, 1.54) is 16.4 Å². The minimum atomic E-state index is -4.41. The van der Waals surface area contributed by atoms with Gasteiger partial charge in [-0.25, -0.2) is 12.7 Å². The Labute approximate surface area is 175 Å². The molecule has 0 radical (unpaired) electrons. The highest BCUT2D eigenvalue weighted by Crippen LogP contribution is 2.43. The zero-order valence-corrected chi connectivity index (χ0v) is 17.9. The molecule has 2 heterocycles. The summed E-state index contributed by atoms with van der Waals surface area (Å²) >= 11 is 0. The summed E-state index contributed by atoms with van der Waals surface area (Å²) in [5, 5.41) is 0. The fourth-order valence-electron chi connectivity index (χ4n) is 4.14. The zero-order chi connectivity index (χ0) is 22.2. The van der Waals surface area contributed by atoms with E-state index in [-0.39, 0.29) is 23.3 Å². The minimum Gasteiger partial charge on any atom is -0.484 e. The van der Waals surface area contributed by atoms with Gasteiger partial charge in [0.2, 0.25) is 15.9 Å². The number of amides is 1. The van der Waals surface area contributed by atoms with Gasteiger partial charge in [0.05, 0.1) is 11.2 Å². The lowest BCUT2D eigenvalue weighted by atomic mass is 9.77. The average Bonchev–Trinajstić information content (AvgIpc) is 2.95. The van der Waals surface area contributed by atoms with E-state index in [2.05, 4.69) is 0 Å². The van der Waals surface area contributed by atoms with Crippen LogP contribution in [0.2, 0.25) is 0 Å². The molecule has 0 atom stereocenters. The third kappa shape index (κ3) is 5.08. The molecule has 0 bridgehead atoms. The van der Waals surface area contributed by atoms with Gasteiger partial charge >= 0.3 is 6.18 Å². The number of carbonyl (C=O) groups is 1. The number of hydrogen-bond acceptors (Lipinski definition) is 4. The normalized spacial score (nSPS) is 20.3. The first kappa shape index (κ1) is 22.9. The predicted octanol–water partition coefficient (Wildman–Crippen LogP) is 3.43. The molecule has 1 spiro atoms. The molecule has 1 aromatic rings. The van der Waals surface area contributed by atoms with Crippen LogP contribution in [0, 0.1) is 11.3 Å². The van der Waals surface area contributed by atoms with Gasteiger partial charge in [0.15, 0.2) is 6.61 Å². The monoisotopic (exact) mass is 448 g/mol. The summed E-state index contributed by atoms with van der Waals surface area (Å²) < 4.78 is 67.9. The van der Waals surface area contributed by atoms with Crippen LogP contribution in [-0.4, -0.2) is 56.8 Å². The molecule has 2 fully saturated rings. The summed E-state index contributed by atoms with van der Waals surface area (Å²) in [6, 6.07) is 5.98. The van der Waals surface area contributed by atoms with Crippen LogP contribution in [0.5, 0.6) is 5.75 Å². The summed E-state index contributed by atoms with van der Waals surface area (Å²) in [5.74, 6) is 0.175. The smallest absolute Gasteiger partial charge is 0.422 e. The molecule has 0 aliphatic carbocycles. The molecule has 1 amide bonds. The van der Waals surface area contributed by atoms with Crippen molar-refractivity contribution < 1.29 is 31.1 Å². The number of hydrogen-bond donors (Lipinski definition) is 0. The number of benzene rings is 1. The van der Waals surface area contributed by atoms with Crippen LogP contribution in [0.1, 0.15) is 33.1 Å². The molecule has 1 aromatic carbocycles. The predicted molar refractivity (Wildman–Crippen MR) is 107 cm³/mol. The van der Waals surface area contributed by atoms with Gasteiger partial charge in [0, 0.05) is 25.3 Å². The molecule has 0 aromatic heterocycles. The lowest BCUT2D eigenvalue weighted by Crippen LogP contribution is -2.47. The number of anilines is 1. The van der Waals surface area contributed by atoms with Crippen molar-refractivity contribution in [2.45, 2.75) is 39.3 Å². The maximum atomic E-state index is 13.1. The molecule has 2 saturated heterocycles. The second-order valence-electron chi connectivity index (χ2n) is 8.46. The van der Waals surface area contributed by atoms with Crippen LogP contribution in [-0.2, 0) is 14.8 Å². The lowest BCUT2D eigenvalue weighted by Gasteiger charge is -2.37. The Morgan fingerprint density at radius 1 is 1.07 bits per heavy atom. The summed E-state index contributed by atoms with van der Waals surface area (Å²) in [5.41, 5.74) is 0.0288. The number of piperidine rings is 1. The third-order valence-electron chi connectivity index (χ3n) is 5.68. The van der Waals surface area contributed by atoms with Gasteiger partial charge in [0.25, 0.3) is 0 Å². The quantitative estimate of drug-likeness (QED) is 0.669. The third-order valence-corrected chi connectivity index (χ3v) is 7.92. The van der Waals surface area contributed by atoms with Crippen molar-refractivity contribution in [2.75, 3.05) is 36.9 Å². The van der Waals surface area contributed by atoms with Gasteiger partial charge in [0.1, 0.15) is 5.75 Å². The summed E-state index contributed by atoms with van der Waals surface area (Å²) in [6.45, 7) is 3.52. The second-order valence-corrected chi connectivity index (χ2v) is 10.5. The van der Waals surface area contributed by atoms with E-state index in [1.54, 1.807) is 17.0 Å². The van der Waals surface area contributed by atoms with Crippen molar-refractivity contribution in [3.05, 3.63) is 24.3 Å². The van der Waals surface area contributed by atoms with Crippen LogP contribution in [0.3, 0.4) is 0 Å². The van der Waals surface area contributed by atoms with E-state index in [1.807, 2.05) is 13.8 Å². The molecule has 0 unspecified atom stereocenters. The topological polar surface area (TPSA) is 66.9 Å². The van der Waals surface area contributed by atoms with Crippen LogP contribution in [0.25, 0.3) is 0 Å². The van der Waals surface area contributed by atoms with Gasteiger partial charge in [-0.05, 0) is 49.4 Å². The molecule has 6 nitrogen and oxygen atoms in total. The maximum absolute atomic E-state index is 13.1. The first-order valence-corrected chi connectivity index (χ1v) is 11.6. The number of ether oxygens (including phenoxy) is 1. The summed E-state index contributed by atoms with van der Waals surface area (Å²) in [4.78, 5) is 14.8. The van der Waals surface area contributed by atoms with Crippen LogP contribution >= 0.6 is 0 Å².